The topological polar surface area (TPSA) is 105 Å². The lowest BCUT2D eigenvalue weighted by atomic mass is 9.89. The minimum atomic E-state index is -3.28. The summed E-state index contributed by atoms with van der Waals surface area (Å²) in [5, 5.41) is 15.7. The highest BCUT2D eigenvalue weighted by Gasteiger charge is 2.49. The second kappa shape index (κ2) is 6.53. The Kier molecular flexibility index (Phi) is 4.43. The van der Waals surface area contributed by atoms with E-state index in [-0.39, 0.29) is 30.5 Å². The largest absolute Gasteiger partial charge is 0.262 e. The van der Waals surface area contributed by atoms with E-state index in [1.807, 2.05) is 11.4 Å². The third kappa shape index (κ3) is 3.00. The van der Waals surface area contributed by atoms with E-state index in [9.17, 15) is 13.7 Å². The minimum absolute atomic E-state index is 0.0375. The molecular formula is C16H15ClN6O2S2. The van der Waals surface area contributed by atoms with Crippen LogP contribution < -0.4 is 0 Å². The molecule has 0 aromatic carbocycles. The summed E-state index contributed by atoms with van der Waals surface area (Å²) in [5.74, 6) is 0.0375. The summed E-state index contributed by atoms with van der Waals surface area (Å²) in [7, 11) is -3.28. The van der Waals surface area contributed by atoms with Gasteiger partial charge in [-0.2, -0.15) is 14.7 Å². The third-order valence-electron chi connectivity index (χ3n) is 4.73. The zero-order valence-corrected chi connectivity index (χ0v) is 16.7. The summed E-state index contributed by atoms with van der Waals surface area (Å²) in [6.45, 7) is 2.07. The second-order valence-electron chi connectivity index (χ2n) is 6.38. The van der Waals surface area contributed by atoms with Crippen LogP contribution in [-0.2, 0) is 15.6 Å². The molecule has 0 bridgehead atoms. The number of sulfonamides is 1. The molecule has 4 heterocycles. The van der Waals surface area contributed by atoms with Gasteiger partial charge < -0.3 is 0 Å². The zero-order valence-electron chi connectivity index (χ0n) is 14.3. The lowest BCUT2D eigenvalue weighted by Crippen LogP contribution is -2.64. The molecule has 0 amide bonds. The van der Waals surface area contributed by atoms with Gasteiger partial charge in [-0.15, -0.1) is 11.3 Å². The second-order valence-corrected chi connectivity index (χ2v) is 9.89. The molecule has 140 valence electrons. The summed E-state index contributed by atoms with van der Waals surface area (Å²) < 4.78 is 28.1. The molecule has 0 radical (unpaired) electrons. The number of fused-ring (bicyclic) bond motifs is 1. The highest BCUT2D eigenvalue weighted by atomic mass is 35.5. The molecule has 0 aliphatic carbocycles. The maximum atomic E-state index is 12.1. The van der Waals surface area contributed by atoms with Crippen molar-refractivity contribution < 1.29 is 8.42 Å². The zero-order chi connectivity index (χ0) is 19.2. The van der Waals surface area contributed by atoms with E-state index in [0.717, 1.165) is 15.8 Å². The van der Waals surface area contributed by atoms with E-state index < -0.39 is 15.6 Å². The Morgan fingerprint density at radius 1 is 1.41 bits per heavy atom. The molecule has 1 fully saturated rings. The number of hydrogen-bond donors (Lipinski definition) is 0. The van der Waals surface area contributed by atoms with Gasteiger partial charge in [0.15, 0.2) is 0 Å². The third-order valence-corrected chi connectivity index (χ3v) is 7.58. The number of thiophene rings is 1. The van der Waals surface area contributed by atoms with Crippen molar-refractivity contribution in [2.45, 2.75) is 18.9 Å². The first kappa shape index (κ1) is 18.3. The van der Waals surface area contributed by atoms with Gasteiger partial charge in [0.1, 0.15) is 5.54 Å². The first-order chi connectivity index (χ1) is 12.9. The van der Waals surface area contributed by atoms with Crippen LogP contribution in [-0.4, -0.2) is 51.3 Å². The maximum Gasteiger partial charge on any atom is 0.223 e. The van der Waals surface area contributed by atoms with Gasteiger partial charge in [0, 0.05) is 24.8 Å². The Bertz CT molecular complexity index is 1160. The van der Waals surface area contributed by atoms with Crippen LogP contribution in [0.3, 0.4) is 0 Å². The van der Waals surface area contributed by atoms with Gasteiger partial charge in [-0.3, -0.25) is 4.68 Å². The van der Waals surface area contributed by atoms with Crippen LogP contribution in [0, 0.1) is 11.3 Å². The summed E-state index contributed by atoms with van der Waals surface area (Å²) in [5.41, 5.74) is 1.52. The summed E-state index contributed by atoms with van der Waals surface area (Å²) in [6, 6.07) is 4.03. The lowest BCUT2D eigenvalue weighted by Gasteiger charge is -2.47. The van der Waals surface area contributed by atoms with Crippen molar-refractivity contribution in [3.63, 3.8) is 0 Å². The van der Waals surface area contributed by atoms with Crippen molar-refractivity contribution in [1.29, 1.82) is 5.26 Å². The molecule has 0 N–H and O–H groups in total. The predicted molar refractivity (Wildman–Crippen MR) is 103 cm³/mol. The molecule has 1 aliphatic heterocycles. The highest BCUT2D eigenvalue weighted by molar-refractivity contribution is 7.89. The van der Waals surface area contributed by atoms with Crippen LogP contribution in [0.25, 0.3) is 21.5 Å². The molecule has 8 nitrogen and oxygen atoms in total. The van der Waals surface area contributed by atoms with Crippen LogP contribution in [0.15, 0.2) is 23.8 Å². The first-order valence-corrected chi connectivity index (χ1v) is 11.1. The van der Waals surface area contributed by atoms with E-state index in [2.05, 4.69) is 21.1 Å². The van der Waals surface area contributed by atoms with E-state index in [4.69, 9.17) is 11.6 Å². The smallest absolute Gasteiger partial charge is 0.223 e. The van der Waals surface area contributed by atoms with Crippen molar-refractivity contribution in [3.8, 4) is 17.3 Å². The Morgan fingerprint density at radius 3 is 2.89 bits per heavy atom. The average Bonchev–Trinajstić information content (AvgIpc) is 3.26. The van der Waals surface area contributed by atoms with Gasteiger partial charge in [-0.25, -0.2) is 18.4 Å². The van der Waals surface area contributed by atoms with Gasteiger partial charge in [0.05, 0.1) is 40.4 Å². The molecule has 1 aliphatic rings. The Morgan fingerprint density at radius 2 is 2.19 bits per heavy atom. The normalized spacial score (nSPS) is 16.9. The molecule has 11 heteroatoms. The lowest BCUT2D eigenvalue weighted by molar-refractivity contribution is 0.0719. The highest BCUT2D eigenvalue weighted by Crippen LogP contribution is 2.36. The monoisotopic (exact) mass is 422 g/mol. The fourth-order valence-electron chi connectivity index (χ4n) is 3.21. The van der Waals surface area contributed by atoms with E-state index >= 15 is 0 Å². The summed E-state index contributed by atoms with van der Waals surface area (Å²) in [4.78, 5) is 8.54. The SMILES string of the molecule is CCS(=O)(=O)N1CC(CC#N)(n2cc(-c3nc(Cl)nc4ccsc34)cn2)C1. The minimum Gasteiger partial charge on any atom is -0.262 e. The quantitative estimate of drug-likeness (QED) is 0.585. The van der Waals surface area contributed by atoms with Crippen molar-refractivity contribution >= 4 is 43.2 Å². The molecule has 0 atom stereocenters. The van der Waals surface area contributed by atoms with Gasteiger partial charge >= 0.3 is 0 Å². The van der Waals surface area contributed by atoms with Crippen LogP contribution in [0.2, 0.25) is 5.28 Å². The molecule has 0 spiro atoms. The van der Waals surface area contributed by atoms with E-state index in [1.165, 1.54) is 15.6 Å². The van der Waals surface area contributed by atoms with Gasteiger partial charge in [0.25, 0.3) is 0 Å². The van der Waals surface area contributed by atoms with E-state index in [1.54, 1.807) is 24.0 Å². The van der Waals surface area contributed by atoms with Gasteiger partial charge in [-0.05, 0) is 30.0 Å². The molecule has 0 saturated carbocycles. The average molecular weight is 423 g/mol. The standard InChI is InChI=1S/C16H15ClN6O2S2/c1-2-27(24,25)22-9-16(10-22,4-5-18)23-8-11(7-19-23)13-14-12(3-6-26-14)20-15(17)21-13/h3,6-8H,2,4,9-10H2,1H3. The number of rotatable bonds is 5. The van der Waals surface area contributed by atoms with Crippen LogP contribution in [0.1, 0.15) is 13.3 Å². The number of nitriles is 1. The van der Waals surface area contributed by atoms with Gasteiger partial charge in [0.2, 0.25) is 15.3 Å². The van der Waals surface area contributed by atoms with Crippen molar-refractivity contribution in [1.82, 2.24) is 24.1 Å². The molecule has 4 rings (SSSR count). The molecule has 0 unspecified atom stereocenters. The molecule has 27 heavy (non-hydrogen) atoms. The predicted octanol–water partition coefficient (Wildman–Crippen LogP) is 2.48. The fourth-order valence-corrected chi connectivity index (χ4v) is 5.47. The molecular weight excluding hydrogens is 408 g/mol. The van der Waals surface area contributed by atoms with Crippen LogP contribution >= 0.6 is 22.9 Å². The summed E-state index contributed by atoms with van der Waals surface area (Å²) >= 11 is 7.55. The van der Waals surface area contributed by atoms with Crippen LogP contribution in [0.5, 0.6) is 0 Å². The number of halogens is 1. The van der Waals surface area contributed by atoms with Crippen molar-refractivity contribution in [3.05, 3.63) is 29.1 Å². The number of nitrogens with zero attached hydrogens (tertiary/aromatic N) is 6. The van der Waals surface area contributed by atoms with Crippen molar-refractivity contribution in [2.75, 3.05) is 18.8 Å². The molecule has 1 saturated heterocycles. The molecule has 3 aromatic heterocycles. The number of aromatic nitrogens is 4. The number of hydrogen-bond acceptors (Lipinski definition) is 7. The van der Waals surface area contributed by atoms with E-state index in [0.29, 0.717) is 5.69 Å². The van der Waals surface area contributed by atoms with Gasteiger partial charge in [-0.1, -0.05) is 0 Å². The summed E-state index contributed by atoms with van der Waals surface area (Å²) in [6.07, 6.45) is 3.63. The molecule has 3 aromatic rings. The Labute approximate surface area is 165 Å². The Balaban J connectivity index is 1.71. The fraction of sp³-hybridized carbons (Fsp3) is 0.375. The van der Waals surface area contributed by atoms with Crippen molar-refractivity contribution in [2.24, 2.45) is 0 Å². The van der Waals surface area contributed by atoms with Crippen LogP contribution in [0.4, 0.5) is 0 Å². The first-order valence-electron chi connectivity index (χ1n) is 8.19. The maximum absolute atomic E-state index is 12.1. The Hall–Kier alpha value is -2.06.